The third-order valence-electron chi connectivity index (χ3n) is 3.69. The van der Waals surface area contributed by atoms with Crippen LogP contribution < -0.4 is 14.4 Å². The van der Waals surface area contributed by atoms with Gasteiger partial charge in [-0.3, -0.25) is 9.69 Å². The third-order valence-corrected chi connectivity index (χ3v) is 4.99. The van der Waals surface area contributed by atoms with Crippen molar-refractivity contribution in [3.05, 3.63) is 71.7 Å². The number of rotatable bonds is 6. The number of thiocarbonyl (C=S) groups is 1. The van der Waals surface area contributed by atoms with Crippen molar-refractivity contribution < 1.29 is 14.3 Å². The molecule has 1 fully saturated rings. The number of nitrogens with zero attached hydrogens (tertiary/aromatic N) is 1. The van der Waals surface area contributed by atoms with Crippen molar-refractivity contribution in [2.75, 3.05) is 18.6 Å². The number of methoxy groups -OCH3 is 1. The molecule has 4 nitrogen and oxygen atoms in total. The van der Waals surface area contributed by atoms with Crippen molar-refractivity contribution in [1.29, 1.82) is 0 Å². The van der Waals surface area contributed by atoms with E-state index in [1.807, 2.05) is 36.4 Å². The quantitative estimate of drug-likeness (QED) is 0.412. The highest BCUT2D eigenvalue weighted by atomic mass is 32.2. The third kappa shape index (κ3) is 3.81. The van der Waals surface area contributed by atoms with Crippen LogP contribution in [-0.4, -0.2) is 23.9 Å². The predicted octanol–water partition coefficient (Wildman–Crippen LogP) is 4.67. The fourth-order valence-electron chi connectivity index (χ4n) is 2.44. The van der Waals surface area contributed by atoms with Crippen molar-refractivity contribution in [2.24, 2.45) is 0 Å². The molecule has 0 N–H and O–H groups in total. The fraction of sp³-hybridized carbons (Fsp3) is 0.100. The van der Waals surface area contributed by atoms with Crippen molar-refractivity contribution in [2.45, 2.75) is 0 Å². The van der Waals surface area contributed by atoms with Gasteiger partial charge in [0.25, 0.3) is 5.91 Å². The topological polar surface area (TPSA) is 38.8 Å². The average Bonchev–Trinajstić information content (AvgIpc) is 2.94. The number of ether oxygens (including phenoxy) is 2. The van der Waals surface area contributed by atoms with Gasteiger partial charge in [-0.15, -0.1) is 0 Å². The highest BCUT2D eigenvalue weighted by Crippen LogP contribution is 2.37. The second kappa shape index (κ2) is 8.21. The van der Waals surface area contributed by atoms with E-state index in [0.717, 1.165) is 11.3 Å². The zero-order valence-corrected chi connectivity index (χ0v) is 15.8. The van der Waals surface area contributed by atoms with Crippen LogP contribution in [0.2, 0.25) is 0 Å². The Morgan fingerprint density at radius 1 is 1.19 bits per heavy atom. The normalized spacial score (nSPS) is 15.4. The van der Waals surface area contributed by atoms with Crippen molar-refractivity contribution >= 4 is 46.0 Å². The molecule has 0 saturated carbocycles. The molecule has 2 aromatic carbocycles. The number of para-hydroxylation sites is 1. The van der Waals surface area contributed by atoms with E-state index in [1.165, 1.54) is 16.7 Å². The Hall–Kier alpha value is -2.57. The first-order valence-corrected chi connectivity index (χ1v) is 9.11. The summed E-state index contributed by atoms with van der Waals surface area (Å²) in [4.78, 5) is 14.9. The van der Waals surface area contributed by atoms with Crippen LogP contribution >= 0.6 is 24.0 Å². The lowest BCUT2D eigenvalue weighted by atomic mass is 10.2. The van der Waals surface area contributed by atoms with Gasteiger partial charge < -0.3 is 9.47 Å². The van der Waals surface area contributed by atoms with Crippen LogP contribution in [0.4, 0.5) is 5.69 Å². The molecule has 0 spiro atoms. The lowest BCUT2D eigenvalue weighted by Crippen LogP contribution is -2.27. The molecule has 1 amide bonds. The van der Waals surface area contributed by atoms with Crippen LogP contribution in [-0.2, 0) is 4.79 Å². The molecule has 0 atom stereocenters. The monoisotopic (exact) mass is 383 g/mol. The summed E-state index contributed by atoms with van der Waals surface area (Å²) in [6, 6.07) is 14.8. The van der Waals surface area contributed by atoms with Gasteiger partial charge in [0.15, 0.2) is 4.32 Å². The first kappa shape index (κ1) is 18.2. The van der Waals surface area contributed by atoms with Crippen molar-refractivity contribution in [3.8, 4) is 11.5 Å². The van der Waals surface area contributed by atoms with Crippen LogP contribution in [0.5, 0.6) is 11.5 Å². The van der Waals surface area contributed by atoms with Gasteiger partial charge in [-0.05, 0) is 36.4 Å². The molecular formula is C20H17NO3S2. The van der Waals surface area contributed by atoms with Crippen LogP contribution in [0.1, 0.15) is 5.56 Å². The van der Waals surface area contributed by atoms with E-state index in [1.54, 1.807) is 31.4 Å². The van der Waals surface area contributed by atoms with Gasteiger partial charge >= 0.3 is 0 Å². The summed E-state index contributed by atoms with van der Waals surface area (Å²) in [5.74, 6) is 1.27. The standard InChI is InChI=1S/C20H17NO3S2/c1-3-12-24-17-7-5-4-6-14(17)13-18-19(22)21(20(25)26-18)15-8-10-16(23-2)11-9-15/h3-11,13H,1,12H2,2H3/b18-13+. The highest BCUT2D eigenvalue weighted by Gasteiger charge is 2.33. The van der Waals surface area contributed by atoms with E-state index in [4.69, 9.17) is 21.7 Å². The van der Waals surface area contributed by atoms with Crippen LogP contribution in [0, 0.1) is 0 Å². The minimum Gasteiger partial charge on any atom is -0.497 e. The number of carbonyl (C=O) groups excluding carboxylic acids is 1. The summed E-state index contributed by atoms with van der Waals surface area (Å²) >= 11 is 6.68. The van der Waals surface area contributed by atoms with E-state index in [2.05, 4.69) is 6.58 Å². The second-order valence-electron chi connectivity index (χ2n) is 5.35. The summed E-state index contributed by atoms with van der Waals surface area (Å²) in [6.45, 7) is 4.06. The maximum absolute atomic E-state index is 12.9. The minimum atomic E-state index is -0.149. The number of anilines is 1. The number of hydrogen-bond donors (Lipinski definition) is 0. The van der Waals surface area contributed by atoms with E-state index >= 15 is 0 Å². The first-order valence-electron chi connectivity index (χ1n) is 7.89. The molecule has 0 bridgehead atoms. The molecule has 0 aliphatic carbocycles. The molecule has 2 aromatic rings. The van der Waals surface area contributed by atoms with Gasteiger partial charge in [0.05, 0.1) is 17.7 Å². The number of amides is 1. The van der Waals surface area contributed by atoms with E-state index < -0.39 is 0 Å². The van der Waals surface area contributed by atoms with Crippen molar-refractivity contribution in [3.63, 3.8) is 0 Å². The summed E-state index contributed by atoms with van der Waals surface area (Å²) in [5.41, 5.74) is 1.54. The molecule has 1 saturated heterocycles. The number of thioether (sulfide) groups is 1. The molecule has 1 aliphatic heterocycles. The Morgan fingerprint density at radius 3 is 2.62 bits per heavy atom. The number of carbonyl (C=O) groups is 1. The molecule has 0 unspecified atom stereocenters. The van der Waals surface area contributed by atoms with Crippen LogP contribution in [0.3, 0.4) is 0 Å². The van der Waals surface area contributed by atoms with Gasteiger partial charge in [0.1, 0.15) is 18.1 Å². The largest absolute Gasteiger partial charge is 0.497 e. The van der Waals surface area contributed by atoms with Gasteiger partial charge in [0, 0.05) is 5.56 Å². The Bertz CT molecular complexity index is 875. The first-order chi connectivity index (χ1) is 12.6. The zero-order chi connectivity index (χ0) is 18.5. The summed E-state index contributed by atoms with van der Waals surface area (Å²) in [7, 11) is 1.60. The van der Waals surface area contributed by atoms with Gasteiger partial charge in [-0.1, -0.05) is 54.8 Å². The van der Waals surface area contributed by atoms with E-state index in [-0.39, 0.29) is 5.91 Å². The molecule has 1 heterocycles. The molecular weight excluding hydrogens is 366 g/mol. The maximum atomic E-state index is 12.9. The fourth-order valence-corrected chi connectivity index (χ4v) is 3.73. The maximum Gasteiger partial charge on any atom is 0.270 e. The summed E-state index contributed by atoms with van der Waals surface area (Å²) in [6.07, 6.45) is 3.49. The summed E-state index contributed by atoms with van der Waals surface area (Å²) in [5, 5.41) is 0. The molecule has 0 aromatic heterocycles. The lowest BCUT2D eigenvalue weighted by molar-refractivity contribution is -0.113. The molecule has 3 rings (SSSR count). The SMILES string of the molecule is C=CCOc1ccccc1/C=C1/SC(=S)N(c2ccc(OC)cc2)C1=O. The van der Waals surface area contributed by atoms with Gasteiger partial charge in [-0.2, -0.15) is 0 Å². The lowest BCUT2D eigenvalue weighted by Gasteiger charge is -2.14. The zero-order valence-electron chi connectivity index (χ0n) is 14.2. The Balaban J connectivity index is 1.89. The van der Waals surface area contributed by atoms with Crippen molar-refractivity contribution in [1.82, 2.24) is 0 Å². The van der Waals surface area contributed by atoms with Crippen LogP contribution in [0.25, 0.3) is 6.08 Å². The van der Waals surface area contributed by atoms with E-state index in [0.29, 0.717) is 27.3 Å². The predicted molar refractivity (Wildman–Crippen MR) is 111 cm³/mol. The molecule has 1 aliphatic rings. The highest BCUT2D eigenvalue weighted by molar-refractivity contribution is 8.27. The molecule has 6 heteroatoms. The average molecular weight is 383 g/mol. The van der Waals surface area contributed by atoms with Crippen LogP contribution in [0.15, 0.2) is 66.1 Å². The summed E-state index contributed by atoms with van der Waals surface area (Å²) < 4.78 is 11.3. The van der Waals surface area contributed by atoms with E-state index in [9.17, 15) is 4.79 Å². The number of benzene rings is 2. The smallest absolute Gasteiger partial charge is 0.270 e. The molecule has 132 valence electrons. The minimum absolute atomic E-state index is 0.149. The second-order valence-corrected chi connectivity index (χ2v) is 7.03. The Morgan fingerprint density at radius 2 is 1.92 bits per heavy atom. The molecule has 26 heavy (non-hydrogen) atoms. The Kier molecular flexibility index (Phi) is 5.75. The molecule has 0 radical (unpaired) electrons. The van der Waals surface area contributed by atoms with Gasteiger partial charge in [-0.25, -0.2) is 0 Å². The van der Waals surface area contributed by atoms with Gasteiger partial charge in [0.2, 0.25) is 0 Å². The number of hydrogen-bond acceptors (Lipinski definition) is 5. The Labute approximate surface area is 162 Å².